The smallest absolute Gasteiger partial charge is 0.345 e. The van der Waals surface area contributed by atoms with Crippen molar-refractivity contribution in [2.45, 2.75) is 19.8 Å². The number of hydroxylamine groups is 2. The van der Waals surface area contributed by atoms with Gasteiger partial charge in [-0.25, -0.2) is 9.78 Å². The number of piperazine rings is 1. The Hall–Kier alpha value is -3.83. The lowest BCUT2D eigenvalue weighted by atomic mass is 10.2. The van der Waals surface area contributed by atoms with Crippen molar-refractivity contribution in [3.8, 4) is 0 Å². The Morgan fingerprint density at radius 1 is 1.07 bits per heavy atom. The minimum Gasteiger partial charge on any atom is -0.345 e. The second kappa shape index (κ2) is 7.54. The van der Waals surface area contributed by atoms with Gasteiger partial charge in [0.25, 0.3) is 11.8 Å². The van der Waals surface area contributed by atoms with E-state index in [4.69, 9.17) is 4.84 Å². The molecule has 2 aromatic heterocycles. The summed E-state index contributed by atoms with van der Waals surface area (Å²) in [6, 6.07) is 0. The SMILES string of the molecule is CC(=O)N1CCN(c2ncc3c(=O)c(C(=O)ON4C(=O)CCC4=O)c[nH]c3n2)CC1. The number of amides is 3. The molecule has 0 aromatic carbocycles. The molecule has 1 N–H and O–H groups in total. The second-order valence-corrected chi connectivity index (χ2v) is 6.92. The molecule has 2 aromatic rings. The Labute approximate surface area is 169 Å². The molecule has 4 heterocycles. The van der Waals surface area contributed by atoms with Crippen LogP contribution in [0.5, 0.6) is 0 Å². The number of nitrogens with one attached hydrogen (secondary N) is 1. The summed E-state index contributed by atoms with van der Waals surface area (Å²) >= 11 is 0. The summed E-state index contributed by atoms with van der Waals surface area (Å²) in [7, 11) is 0. The summed E-state index contributed by atoms with van der Waals surface area (Å²) in [6.07, 6.45) is 2.34. The van der Waals surface area contributed by atoms with Crippen LogP contribution in [0.15, 0.2) is 17.2 Å². The first-order valence-corrected chi connectivity index (χ1v) is 9.32. The topological polar surface area (TPSA) is 146 Å². The lowest BCUT2D eigenvalue weighted by Gasteiger charge is -2.34. The van der Waals surface area contributed by atoms with E-state index in [1.807, 2.05) is 4.90 Å². The fourth-order valence-electron chi connectivity index (χ4n) is 3.32. The first-order chi connectivity index (χ1) is 14.3. The van der Waals surface area contributed by atoms with Crippen LogP contribution in [0.25, 0.3) is 11.0 Å². The van der Waals surface area contributed by atoms with Crippen LogP contribution in [0.1, 0.15) is 30.1 Å². The average molecular weight is 414 g/mol. The third-order valence-electron chi connectivity index (χ3n) is 5.03. The molecule has 0 atom stereocenters. The molecule has 0 saturated carbocycles. The first kappa shape index (κ1) is 19.5. The second-order valence-electron chi connectivity index (χ2n) is 6.92. The number of pyridine rings is 1. The van der Waals surface area contributed by atoms with Crippen molar-refractivity contribution in [2.75, 3.05) is 31.1 Å². The standard InChI is InChI=1S/C18H18N6O6/c1-10(25)22-4-6-23(7-5-22)18-20-8-11-15(28)12(9-19-16(11)21-18)17(29)30-24-13(26)2-3-14(24)27/h8-9H,2-7H2,1H3,(H,19,20,21,28). The van der Waals surface area contributed by atoms with Gasteiger partial charge >= 0.3 is 5.97 Å². The number of carbonyl (C=O) groups excluding carboxylic acids is 4. The number of hydrogen-bond donors (Lipinski definition) is 1. The summed E-state index contributed by atoms with van der Waals surface area (Å²) < 4.78 is 0. The van der Waals surface area contributed by atoms with Gasteiger partial charge in [0.2, 0.25) is 17.3 Å². The van der Waals surface area contributed by atoms with Crippen molar-refractivity contribution in [3.63, 3.8) is 0 Å². The molecule has 3 amide bonds. The van der Waals surface area contributed by atoms with E-state index in [1.165, 1.54) is 13.1 Å². The maximum atomic E-state index is 12.7. The monoisotopic (exact) mass is 414 g/mol. The first-order valence-electron chi connectivity index (χ1n) is 9.32. The van der Waals surface area contributed by atoms with E-state index in [9.17, 15) is 24.0 Å². The third-order valence-corrected chi connectivity index (χ3v) is 5.03. The molecular weight excluding hydrogens is 396 g/mol. The van der Waals surface area contributed by atoms with Gasteiger partial charge in [0.05, 0.1) is 5.39 Å². The number of aromatic nitrogens is 3. The number of anilines is 1. The molecule has 12 nitrogen and oxygen atoms in total. The quantitative estimate of drug-likeness (QED) is 0.638. The Morgan fingerprint density at radius 2 is 1.73 bits per heavy atom. The van der Waals surface area contributed by atoms with Gasteiger partial charge < -0.3 is 19.6 Å². The van der Waals surface area contributed by atoms with Crippen molar-refractivity contribution < 1.29 is 24.0 Å². The summed E-state index contributed by atoms with van der Waals surface area (Å²) in [5.74, 6) is -1.99. The summed E-state index contributed by atoms with van der Waals surface area (Å²) in [6.45, 7) is 3.72. The molecule has 0 unspecified atom stereocenters. The number of H-pyrrole nitrogens is 1. The molecule has 2 aliphatic rings. The largest absolute Gasteiger partial charge is 0.369 e. The van der Waals surface area contributed by atoms with Crippen LogP contribution >= 0.6 is 0 Å². The zero-order valence-corrected chi connectivity index (χ0v) is 16.1. The fraction of sp³-hybridized carbons (Fsp3) is 0.389. The molecule has 156 valence electrons. The Morgan fingerprint density at radius 3 is 2.37 bits per heavy atom. The van der Waals surface area contributed by atoms with Crippen LogP contribution in [0, 0.1) is 0 Å². The van der Waals surface area contributed by atoms with Gasteiger partial charge in [0.15, 0.2) is 0 Å². The van der Waals surface area contributed by atoms with Gasteiger partial charge in [-0.3, -0.25) is 19.2 Å². The predicted molar refractivity (Wildman–Crippen MR) is 101 cm³/mol. The third kappa shape index (κ3) is 3.47. The molecule has 2 fully saturated rings. The van der Waals surface area contributed by atoms with Crippen molar-refractivity contribution in [3.05, 3.63) is 28.2 Å². The van der Waals surface area contributed by atoms with Gasteiger partial charge in [-0.2, -0.15) is 4.98 Å². The fourth-order valence-corrected chi connectivity index (χ4v) is 3.32. The predicted octanol–water partition coefficient (Wildman–Crippen LogP) is -0.793. The highest BCUT2D eigenvalue weighted by molar-refractivity contribution is 6.03. The number of carbonyl (C=O) groups is 4. The lowest BCUT2D eigenvalue weighted by molar-refractivity contribution is -0.172. The van der Waals surface area contributed by atoms with Crippen LogP contribution in [0.4, 0.5) is 5.95 Å². The molecule has 0 spiro atoms. The number of imide groups is 1. The van der Waals surface area contributed by atoms with E-state index in [2.05, 4.69) is 15.0 Å². The summed E-state index contributed by atoms with van der Waals surface area (Å²) in [5, 5.41) is 0.446. The van der Waals surface area contributed by atoms with E-state index in [1.54, 1.807) is 4.90 Å². The normalized spacial score (nSPS) is 17.0. The minimum atomic E-state index is -1.12. The molecule has 0 bridgehead atoms. The number of aromatic amines is 1. The van der Waals surface area contributed by atoms with Gasteiger partial charge in [0, 0.05) is 58.3 Å². The van der Waals surface area contributed by atoms with Crippen LogP contribution < -0.4 is 10.3 Å². The zero-order valence-electron chi connectivity index (χ0n) is 16.1. The molecule has 0 radical (unpaired) electrons. The Balaban J connectivity index is 1.55. The number of fused-ring (bicyclic) bond motifs is 1. The van der Waals surface area contributed by atoms with Crippen LogP contribution in [0.2, 0.25) is 0 Å². The van der Waals surface area contributed by atoms with Crippen molar-refractivity contribution >= 4 is 40.7 Å². The highest BCUT2D eigenvalue weighted by atomic mass is 16.7. The lowest BCUT2D eigenvalue weighted by Crippen LogP contribution is -2.48. The minimum absolute atomic E-state index is 0.00940. The highest BCUT2D eigenvalue weighted by Gasteiger charge is 2.34. The van der Waals surface area contributed by atoms with E-state index >= 15 is 0 Å². The molecule has 4 rings (SSSR count). The van der Waals surface area contributed by atoms with Gasteiger partial charge in [0.1, 0.15) is 11.2 Å². The average Bonchev–Trinajstić information content (AvgIpc) is 3.05. The zero-order chi connectivity index (χ0) is 21.4. The van der Waals surface area contributed by atoms with Crippen molar-refractivity contribution in [2.24, 2.45) is 0 Å². The number of rotatable bonds is 3. The van der Waals surface area contributed by atoms with Gasteiger partial charge in [-0.05, 0) is 0 Å². The van der Waals surface area contributed by atoms with Crippen LogP contribution in [0.3, 0.4) is 0 Å². The molecular formula is C18H18N6O6. The van der Waals surface area contributed by atoms with Crippen LogP contribution in [-0.4, -0.2) is 74.8 Å². The summed E-state index contributed by atoms with van der Waals surface area (Å²) in [5.41, 5.74) is -0.828. The van der Waals surface area contributed by atoms with E-state index in [-0.39, 0.29) is 35.3 Å². The van der Waals surface area contributed by atoms with Crippen molar-refractivity contribution in [1.29, 1.82) is 0 Å². The number of hydrogen-bond acceptors (Lipinski definition) is 9. The molecule has 2 aliphatic heterocycles. The van der Waals surface area contributed by atoms with E-state index in [0.717, 1.165) is 6.20 Å². The van der Waals surface area contributed by atoms with Crippen molar-refractivity contribution in [1.82, 2.24) is 24.9 Å². The van der Waals surface area contributed by atoms with E-state index in [0.29, 0.717) is 37.2 Å². The van der Waals surface area contributed by atoms with Gasteiger partial charge in [-0.1, -0.05) is 0 Å². The number of nitrogens with zero attached hydrogens (tertiary/aromatic N) is 5. The molecule has 30 heavy (non-hydrogen) atoms. The highest BCUT2D eigenvalue weighted by Crippen LogP contribution is 2.16. The Kier molecular flexibility index (Phi) is 4.90. The molecule has 12 heteroatoms. The summed E-state index contributed by atoms with van der Waals surface area (Å²) in [4.78, 5) is 79.3. The maximum absolute atomic E-state index is 12.7. The maximum Gasteiger partial charge on any atom is 0.369 e. The molecule has 2 saturated heterocycles. The van der Waals surface area contributed by atoms with Gasteiger partial charge in [-0.15, -0.1) is 5.06 Å². The van der Waals surface area contributed by atoms with E-state index < -0.39 is 23.2 Å². The Bertz CT molecular complexity index is 1100. The van der Waals surface area contributed by atoms with Crippen LogP contribution in [-0.2, 0) is 19.2 Å². The molecule has 0 aliphatic carbocycles.